The molecule has 19 heavy (non-hydrogen) atoms. The highest BCUT2D eigenvalue weighted by Gasteiger charge is 2.21. The van der Waals surface area contributed by atoms with Crippen LogP contribution in [0.25, 0.3) is 0 Å². The largest absolute Gasteiger partial charge is 0.507 e. The third-order valence-electron chi connectivity index (χ3n) is 3.41. The van der Waals surface area contributed by atoms with E-state index in [1.54, 1.807) is 11.9 Å². The Kier molecular flexibility index (Phi) is 4.37. The lowest BCUT2D eigenvalue weighted by Gasteiger charge is -2.27. The summed E-state index contributed by atoms with van der Waals surface area (Å²) in [4.78, 5) is 13.7. The van der Waals surface area contributed by atoms with Gasteiger partial charge in [-0.25, -0.2) is 4.39 Å². The summed E-state index contributed by atoms with van der Waals surface area (Å²) in [5.41, 5.74) is 0.135. The number of carbonyl (C=O) groups is 1. The molecule has 1 N–H and O–H groups in total. The van der Waals surface area contributed by atoms with E-state index in [0.29, 0.717) is 12.5 Å². The monoisotopic (exact) mass is 267 g/mol. The zero-order valence-corrected chi connectivity index (χ0v) is 10.9. The molecular weight excluding hydrogens is 249 g/mol. The lowest BCUT2D eigenvalue weighted by molar-refractivity contribution is 0.0496. The molecule has 1 aliphatic rings. The number of phenolic OH excluding ortho intramolecular Hbond substituents is 1. The first-order valence-corrected chi connectivity index (χ1v) is 6.39. The van der Waals surface area contributed by atoms with Gasteiger partial charge in [-0.1, -0.05) is 0 Å². The van der Waals surface area contributed by atoms with Gasteiger partial charge in [0.25, 0.3) is 5.91 Å². The van der Waals surface area contributed by atoms with Crippen LogP contribution in [0.15, 0.2) is 18.2 Å². The fraction of sp³-hybridized carbons (Fsp3) is 0.500. The third kappa shape index (κ3) is 3.44. The molecule has 0 saturated carbocycles. The zero-order chi connectivity index (χ0) is 13.8. The van der Waals surface area contributed by atoms with E-state index in [-0.39, 0.29) is 17.2 Å². The van der Waals surface area contributed by atoms with Crippen molar-refractivity contribution in [2.45, 2.75) is 12.8 Å². The Bertz CT molecular complexity index is 458. The summed E-state index contributed by atoms with van der Waals surface area (Å²) in [5.74, 6) is -0.737. The van der Waals surface area contributed by atoms with Crippen LogP contribution in [0.3, 0.4) is 0 Å². The molecule has 4 nitrogen and oxygen atoms in total. The topological polar surface area (TPSA) is 49.8 Å². The number of aromatic hydroxyl groups is 1. The molecule has 1 aromatic carbocycles. The molecule has 1 saturated heterocycles. The maximum atomic E-state index is 12.9. The Labute approximate surface area is 111 Å². The Hall–Kier alpha value is -1.62. The van der Waals surface area contributed by atoms with Gasteiger partial charge in [0.15, 0.2) is 0 Å². The fourth-order valence-corrected chi connectivity index (χ4v) is 2.29. The summed E-state index contributed by atoms with van der Waals surface area (Å²) in [5, 5.41) is 9.61. The summed E-state index contributed by atoms with van der Waals surface area (Å²) >= 11 is 0. The number of amides is 1. The van der Waals surface area contributed by atoms with Crippen LogP contribution in [-0.2, 0) is 4.74 Å². The number of ether oxygens (including phenoxy) is 1. The van der Waals surface area contributed by atoms with Crippen molar-refractivity contribution in [1.29, 1.82) is 0 Å². The van der Waals surface area contributed by atoms with Crippen LogP contribution in [0.2, 0.25) is 0 Å². The molecule has 1 fully saturated rings. The van der Waals surface area contributed by atoms with Crippen molar-refractivity contribution in [3.63, 3.8) is 0 Å². The molecule has 0 unspecified atom stereocenters. The van der Waals surface area contributed by atoms with Gasteiger partial charge in [-0.05, 0) is 30.9 Å². The summed E-state index contributed by atoms with van der Waals surface area (Å²) in [6.07, 6.45) is 1.88. The molecule has 0 bridgehead atoms. The minimum absolute atomic E-state index is 0.135. The number of benzene rings is 1. The van der Waals surface area contributed by atoms with Crippen LogP contribution >= 0.6 is 0 Å². The molecular formula is C14H18FNO3. The van der Waals surface area contributed by atoms with Gasteiger partial charge in [0.05, 0.1) is 5.56 Å². The van der Waals surface area contributed by atoms with Gasteiger partial charge in [0.1, 0.15) is 11.6 Å². The fourth-order valence-electron chi connectivity index (χ4n) is 2.29. The lowest BCUT2D eigenvalue weighted by Crippen LogP contribution is -2.34. The maximum absolute atomic E-state index is 12.9. The smallest absolute Gasteiger partial charge is 0.257 e. The first kappa shape index (κ1) is 13.8. The summed E-state index contributed by atoms with van der Waals surface area (Å²) in [7, 11) is 1.70. The molecule has 0 spiro atoms. The van der Waals surface area contributed by atoms with Gasteiger partial charge >= 0.3 is 0 Å². The van der Waals surface area contributed by atoms with Gasteiger partial charge in [-0.15, -0.1) is 0 Å². The molecule has 1 heterocycles. The van der Waals surface area contributed by atoms with Crippen molar-refractivity contribution in [3.8, 4) is 5.75 Å². The van der Waals surface area contributed by atoms with E-state index in [0.717, 1.165) is 32.1 Å². The zero-order valence-electron chi connectivity index (χ0n) is 10.9. The van der Waals surface area contributed by atoms with Crippen molar-refractivity contribution >= 4 is 5.91 Å². The summed E-state index contributed by atoms with van der Waals surface area (Å²) in [6.45, 7) is 2.09. The van der Waals surface area contributed by atoms with Crippen LogP contribution in [0, 0.1) is 11.7 Å². The quantitative estimate of drug-likeness (QED) is 0.911. The SMILES string of the molecule is CN(CC1CCOCC1)C(=O)c1ccc(F)cc1O. The van der Waals surface area contributed by atoms with E-state index in [1.807, 2.05) is 0 Å². The van der Waals surface area contributed by atoms with Crippen molar-refractivity contribution < 1.29 is 19.0 Å². The third-order valence-corrected chi connectivity index (χ3v) is 3.41. The van der Waals surface area contributed by atoms with Crippen molar-refractivity contribution in [2.24, 2.45) is 5.92 Å². The first-order valence-electron chi connectivity index (χ1n) is 6.39. The highest BCUT2D eigenvalue weighted by molar-refractivity contribution is 5.96. The highest BCUT2D eigenvalue weighted by atomic mass is 19.1. The Morgan fingerprint density at radius 2 is 2.16 bits per heavy atom. The van der Waals surface area contributed by atoms with E-state index >= 15 is 0 Å². The molecule has 1 aromatic rings. The summed E-state index contributed by atoms with van der Waals surface area (Å²) in [6, 6.07) is 3.44. The van der Waals surface area contributed by atoms with E-state index in [1.165, 1.54) is 12.1 Å². The van der Waals surface area contributed by atoms with E-state index < -0.39 is 5.82 Å². The second-order valence-electron chi connectivity index (χ2n) is 4.90. The van der Waals surface area contributed by atoms with Crippen molar-refractivity contribution in [1.82, 2.24) is 4.90 Å². The minimum atomic E-state index is -0.555. The Morgan fingerprint density at radius 1 is 1.47 bits per heavy atom. The molecule has 0 aliphatic carbocycles. The highest BCUT2D eigenvalue weighted by Crippen LogP contribution is 2.21. The van der Waals surface area contributed by atoms with Gasteiger partial charge in [-0.2, -0.15) is 0 Å². The number of halogens is 1. The predicted molar refractivity (Wildman–Crippen MR) is 68.6 cm³/mol. The van der Waals surface area contributed by atoms with Crippen LogP contribution in [0.1, 0.15) is 23.2 Å². The van der Waals surface area contributed by atoms with E-state index in [4.69, 9.17) is 4.74 Å². The predicted octanol–water partition coefficient (Wildman–Crippen LogP) is 2.03. The molecule has 5 heteroatoms. The van der Waals surface area contributed by atoms with Gasteiger partial charge < -0.3 is 14.7 Å². The lowest BCUT2D eigenvalue weighted by atomic mass is 9.99. The van der Waals surface area contributed by atoms with Crippen LogP contribution < -0.4 is 0 Å². The average Bonchev–Trinajstić information content (AvgIpc) is 2.39. The van der Waals surface area contributed by atoms with Crippen LogP contribution in [-0.4, -0.2) is 42.7 Å². The van der Waals surface area contributed by atoms with Gasteiger partial charge in [0, 0.05) is 32.9 Å². The second kappa shape index (κ2) is 6.02. The molecule has 0 radical (unpaired) electrons. The number of carbonyl (C=O) groups excluding carboxylic acids is 1. The number of nitrogens with zero attached hydrogens (tertiary/aromatic N) is 1. The molecule has 2 rings (SSSR count). The molecule has 104 valence electrons. The van der Waals surface area contributed by atoms with Crippen LogP contribution in [0.4, 0.5) is 4.39 Å². The number of hydrogen-bond acceptors (Lipinski definition) is 3. The first-order chi connectivity index (χ1) is 9.08. The standard InChI is InChI=1S/C14H18FNO3/c1-16(9-10-4-6-19-7-5-10)14(18)12-3-2-11(15)8-13(12)17/h2-3,8,10,17H,4-7,9H2,1H3. The van der Waals surface area contributed by atoms with Crippen molar-refractivity contribution in [3.05, 3.63) is 29.6 Å². The Balaban J connectivity index is 2.01. The Morgan fingerprint density at radius 3 is 2.79 bits per heavy atom. The normalized spacial score (nSPS) is 16.3. The van der Waals surface area contributed by atoms with E-state index in [9.17, 15) is 14.3 Å². The van der Waals surface area contributed by atoms with Crippen molar-refractivity contribution in [2.75, 3.05) is 26.8 Å². The van der Waals surface area contributed by atoms with Gasteiger partial charge in [0.2, 0.25) is 0 Å². The maximum Gasteiger partial charge on any atom is 0.257 e. The molecule has 1 amide bonds. The molecule has 0 atom stereocenters. The number of hydrogen-bond donors (Lipinski definition) is 1. The molecule has 1 aliphatic heterocycles. The number of rotatable bonds is 3. The molecule has 0 aromatic heterocycles. The number of phenols is 1. The average molecular weight is 267 g/mol. The second-order valence-corrected chi connectivity index (χ2v) is 4.90. The van der Waals surface area contributed by atoms with Gasteiger partial charge in [-0.3, -0.25) is 4.79 Å². The van der Waals surface area contributed by atoms with E-state index in [2.05, 4.69) is 0 Å². The minimum Gasteiger partial charge on any atom is -0.507 e. The summed E-state index contributed by atoms with van der Waals surface area (Å²) < 4.78 is 18.2. The van der Waals surface area contributed by atoms with Crippen LogP contribution in [0.5, 0.6) is 5.75 Å².